The normalized spacial score (nSPS) is 12.9. The van der Waals surface area contributed by atoms with Crippen LogP contribution in [0.15, 0.2) is 23.0 Å². The summed E-state index contributed by atoms with van der Waals surface area (Å²) in [5, 5.41) is 8.51. The summed E-state index contributed by atoms with van der Waals surface area (Å²) in [4.78, 5) is 0. The lowest BCUT2D eigenvalue weighted by Crippen LogP contribution is -2.12. The van der Waals surface area contributed by atoms with Crippen molar-refractivity contribution in [3.8, 4) is 0 Å². The van der Waals surface area contributed by atoms with Gasteiger partial charge in [0.15, 0.2) is 0 Å². The molecule has 0 radical (unpaired) electrons. The standard InChI is InChI=1S/C12H17N3S/c1-9-11(7-14-15(9)2)12(13)4-3-10-5-6-16-8-10/h5-8,12H,3-4,13H2,1-2H3. The van der Waals surface area contributed by atoms with Crippen LogP contribution < -0.4 is 5.73 Å². The van der Waals surface area contributed by atoms with Gasteiger partial charge in [-0.15, -0.1) is 0 Å². The minimum absolute atomic E-state index is 0.0913. The lowest BCUT2D eigenvalue weighted by Gasteiger charge is -2.10. The smallest absolute Gasteiger partial charge is 0.0540 e. The van der Waals surface area contributed by atoms with Crippen LogP contribution in [-0.2, 0) is 13.5 Å². The second-order valence-corrected chi connectivity index (χ2v) is 4.87. The fourth-order valence-electron chi connectivity index (χ4n) is 1.79. The summed E-state index contributed by atoms with van der Waals surface area (Å²) in [6, 6.07) is 2.25. The third-order valence-electron chi connectivity index (χ3n) is 3.00. The number of hydrogen-bond donors (Lipinski definition) is 1. The molecule has 3 nitrogen and oxygen atoms in total. The maximum absolute atomic E-state index is 6.18. The molecule has 0 fully saturated rings. The van der Waals surface area contributed by atoms with E-state index in [-0.39, 0.29) is 6.04 Å². The Morgan fingerprint density at radius 2 is 2.38 bits per heavy atom. The van der Waals surface area contributed by atoms with E-state index >= 15 is 0 Å². The molecule has 1 unspecified atom stereocenters. The van der Waals surface area contributed by atoms with Gasteiger partial charge in [-0.3, -0.25) is 4.68 Å². The van der Waals surface area contributed by atoms with Crippen molar-refractivity contribution in [1.29, 1.82) is 0 Å². The molecule has 2 aromatic rings. The van der Waals surface area contributed by atoms with Crippen molar-refractivity contribution in [2.24, 2.45) is 12.8 Å². The van der Waals surface area contributed by atoms with Crippen LogP contribution in [0.2, 0.25) is 0 Å². The molecule has 86 valence electrons. The molecule has 0 aromatic carbocycles. The number of nitrogens with zero attached hydrogens (tertiary/aromatic N) is 2. The van der Waals surface area contributed by atoms with Crippen molar-refractivity contribution < 1.29 is 0 Å². The first kappa shape index (κ1) is 11.4. The van der Waals surface area contributed by atoms with Crippen LogP contribution in [0.5, 0.6) is 0 Å². The van der Waals surface area contributed by atoms with E-state index in [1.165, 1.54) is 5.56 Å². The number of hydrogen-bond acceptors (Lipinski definition) is 3. The van der Waals surface area contributed by atoms with Gasteiger partial charge in [0.2, 0.25) is 0 Å². The van der Waals surface area contributed by atoms with Crippen LogP contribution in [0.3, 0.4) is 0 Å². The Balaban J connectivity index is 1.98. The highest BCUT2D eigenvalue weighted by Gasteiger charge is 2.12. The van der Waals surface area contributed by atoms with E-state index in [0.717, 1.165) is 24.1 Å². The first-order valence-corrected chi connectivity index (χ1v) is 6.38. The van der Waals surface area contributed by atoms with Gasteiger partial charge in [0.05, 0.1) is 6.20 Å². The van der Waals surface area contributed by atoms with Crippen molar-refractivity contribution in [1.82, 2.24) is 9.78 Å². The second kappa shape index (κ2) is 4.80. The molecular weight excluding hydrogens is 218 g/mol. The summed E-state index contributed by atoms with van der Waals surface area (Å²) in [6.45, 7) is 2.06. The number of thiophene rings is 1. The lowest BCUT2D eigenvalue weighted by molar-refractivity contribution is 0.644. The molecule has 0 amide bonds. The Hall–Kier alpha value is -1.13. The van der Waals surface area contributed by atoms with Gasteiger partial charge >= 0.3 is 0 Å². The Morgan fingerprint density at radius 1 is 1.56 bits per heavy atom. The summed E-state index contributed by atoms with van der Waals surface area (Å²) >= 11 is 1.74. The third kappa shape index (κ3) is 2.33. The van der Waals surface area contributed by atoms with E-state index < -0.39 is 0 Å². The zero-order chi connectivity index (χ0) is 11.5. The highest BCUT2D eigenvalue weighted by atomic mass is 32.1. The summed E-state index contributed by atoms with van der Waals surface area (Å²) in [5.41, 5.74) is 9.88. The monoisotopic (exact) mass is 235 g/mol. The molecule has 4 heteroatoms. The average molecular weight is 235 g/mol. The molecule has 0 saturated heterocycles. The fraction of sp³-hybridized carbons (Fsp3) is 0.417. The Morgan fingerprint density at radius 3 is 2.94 bits per heavy atom. The number of nitrogens with two attached hydrogens (primary N) is 1. The topological polar surface area (TPSA) is 43.8 Å². The molecule has 0 aliphatic rings. The molecular formula is C12H17N3S. The van der Waals surface area contributed by atoms with Crippen LogP contribution >= 0.6 is 11.3 Å². The molecule has 1 atom stereocenters. The molecule has 0 saturated carbocycles. The van der Waals surface area contributed by atoms with Crippen molar-refractivity contribution in [3.63, 3.8) is 0 Å². The first-order valence-electron chi connectivity index (χ1n) is 5.43. The third-order valence-corrected chi connectivity index (χ3v) is 3.73. The number of rotatable bonds is 4. The zero-order valence-corrected chi connectivity index (χ0v) is 10.5. The molecule has 2 aromatic heterocycles. The summed E-state index contributed by atoms with van der Waals surface area (Å²) in [7, 11) is 1.95. The van der Waals surface area contributed by atoms with E-state index in [1.54, 1.807) is 11.3 Å². The zero-order valence-electron chi connectivity index (χ0n) is 9.68. The average Bonchev–Trinajstić information content (AvgIpc) is 2.88. The van der Waals surface area contributed by atoms with Crippen LogP contribution in [0.4, 0.5) is 0 Å². The minimum atomic E-state index is 0.0913. The van der Waals surface area contributed by atoms with Crippen molar-refractivity contribution in [2.75, 3.05) is 0 Å². The highest BCUT2D eigenvalue weighted by Crippen LogP contribution is 2.20. The van der Waals surface area contributed by atoms with Gasteiger partial charge in [-0.25, -0.2) is 0 Å². The van der Waals surface area contributed by atoms with Gasteiger partial charge in [-0.2, -0.15) is 16.4 Å². The van der Waals surface area contributed by atoms with Gasteiger partial charge in [0.25, 0.3) is 0 Å². The van der Waals surface area contributed by atoms with E-state index in [9.17, 15) is 0 Å². The Kier molecular flexibility index (Phi) is 3.41. The van der Waals surface area contributed by atoms with Gasteiger partial charge in [-0.05, 0) is 42.2 Å². The maximum atomic E-state index is 6.18. The summed E-state index contributed by atoms with van der Waals surface area (Å²) in [5.74, 6) is 0. The minimum Gasteiger partial charge on any atom is -0.324 e. The van der Waals surface area contributed by atoms with Gasteiger partial charge in [0, 0.05) is 24.3 Å². The quantitative estimate of drug-likeness (QED) is 0.884. The van der Waals surface area contributed by atoms with Crippen LogP contribution in [-0.4, -0.2) is 9.78 Å². The Bertz CT molecular complexity index is 445. The van der Waals surface area contributed by atoms with Crippen LogP contribution in [0.1, 0.15) is 29.3 Å². The van der Waals surface area contributed by atoms with E-state index in [2.05, 4.69) is 28.8 Å². The first-order chi connectivity index (χ1) is 7.68. The Labute approximate surface area is 99.9 Å². The van der Waals surface area contributed by atoms with Gasteiger partial charge in [0.1, 0.15) is 0 Å². The van der Waals surface area contributed by atoms with E-state index in [1.807, 2.05) is 17.9 Å². The summed E-state index contributed by atoms with van der Waals surface area (Å²) in [6.07, 6.45) is 3.90. The maximum Gasteiger partial charge on any atom is 0.0540 e. The van der Waals surface area contributed by atoms with Crippen molar-refractivity contribution in [3.05, 3.63) is 39.8 Å². The van der Waals surface area contributed by atoms with Crippen LogP contribution in [0, 0.1) is 6.92 Å². The lowest BCUT2D eigenvalue weighted by atomic mass is 10.0. The molecule has 0 bridgehead atoms. The van der Waals surface area contributed by atoms with Crippen LogP contribution in [0.25, 0.3) is 0 Å². The molecule has 0 aliphatic heterocycles. The number of aromatic nitrogens is 2. The van der Waals surface area contributed by atoms with Gasteiger partial charge < -0.3 is 5.73 Å². The molecule has 0 spiro atoms. The summed E-state index contributed by atoms with van der Waals surface area (Å²) < 4.78 is 1.87. The second-order valence-electron chi connectivity index (χ2n) is 4.09. The molecule has 2 N–H and O–H groups in total. The van der Waals surface area contributed by atoms with E-state index in [4.69, 9.17) is 5.73 Å². The van der Waals surface area contributed by atoms with E-state index in [0.29, 0.717) is 0 Å². The SMILES string of the molecule is Cc1c(C(N)CCc2ccsc2)cnn1C. The highest BCUT2D eigenvalue weighted by molar-refractivity contribution is 7.07. The number of aryl methyl sites for hydroxylation is 2. The molecule has 16 heavy (non-hydrogen) atoms. The predicted octanol–water partition coefficient (Wildman–Crippen LogP) is 2.42. The van der Waals surface area contributed by atoms with Crippen molar-refractivity contribution >= 4 is 11.3 Å². The predicted molar refractivity (Wildman–Crippen MR) is 67.5 cm³/mol. The van der Waals surface area contributed by atoms with Gasteiger partial charge in [-0.1, -0.05) is 0 Å². The molecule has 2 heterocycles. The fourth-order valence-corrected chi connectivity index (χ4v) is 2.50. The molecule has 2 rings (SSSR count). The van der Waals surface area contributed by atoms with Crippen molar-refractivity contribution in [2.45, 2.75) is 25.8 Å². The molecule has 0 aliphatic carbocycles. The largest absolute Gasteiger partial charge is 0.324 e.